The lowest BCUT2D eigenvalue weighted by molar-refractivity contribution is 0.0468. The molecule has 14 heavy (non-hydrogen) atoms. The topological polar surface area (TPSA) is 6.48 Å². The van der Waals surface area contributed by atoms with E-state index < -0.39 is 0 Å². The number of fused-ring (bicyclic) bond motifs is 1. The maximum absolute atomic E-state index is 2.44. The van der Waals surface area contributed by atoms with Gasteiger partial charge in [0.1, 0.15) is 0 Å². The van der Waals surface area contributed by atoms with Crippen molar-refractivity contribution in [2.75, 3.05) is 20.6 Å². The number of allylic oxidation sites excluding steroid dienone is 1. The van der Waals surface area contributed by atoms with Crippen molar-refractivity contribution in [3.63, 3.8) is 0 Å². The third-order valence-corrected chi connectivity index (χ3v) is 3.98. The zero-order valence-corrected chi connectivity index (χ0v) is 9.88. The van der Waals surface area contributed by atoms with Crippen molar-refractivity contribution in [3.8, 4) is 0 Å². The van der Waals surface area contributed by atoms with Crippen molar-refractivity contribution in [2.45, 2.75) is 39.2 Å². The lowest BCUT2D eigenvalue weighted by Gasteiger charge is -2.32. The van der Waals surface area contributed by atoms with E-state index in [9.17, 15) is 0 Å². The Morgan fingerprint density at radius 3 is 2.64 bits per heavy atom. The third kappa shape index (κ3) is 1.51. The molecule has 0 radical (unpaired) electrons. The first-order valence-corrected chi connectivity index (χ1v) is 5.71. The van der Waals surface area contributed by atoms with Crippen LogP contribution in [0.1, 0.15) is 33.1 Å². The van der Waals surface area contributed by atoms with E-state index in [0.29, 0.717) is 0 Å². The van der Waals surface area contributed by atoms with E-state index >= 15 is 0 Å². The molecular weight excluding hydrogens is 172 g/mol. The van der Waals surface area contributed by atoms with Crippen molar-refractivity contribution in [3.05, 3.63) is 11.1 Å². The molecule has 0 aromatic carbocycles. The highest BCUT2D eigenvalue weighted by Crippen LogP contribution is 2.38. The minimum Gasteiger partial charge on any atom is -0.244 e. The molecule has 2 fully saturated rings. The maximum Gasteiger partial charge on any atom is 0.0321 e. The van der Waals surface area contributed by atoms with Crippen LogP contribution in [-0.4, -0.2) is 36.7 Å². The van der Waals surface area contributed by atoms with Crippen molar-refractivity contribution in [2.24, 2.45) is 5.92 Å². The highest BCUT2D eigenvalue weighted by atomic mass is 15.6. The van der Waals surface area contributed by atoms with Crippen LogP contribution in [0.5, 0.6) is 0 Å². The molecule has 2 heteroatoms. The van der Waals surface area contributed by atoms with Crippen molar-refractivity contribution in [1.82, 2.24) is 10.0 Å². The van der Waals surface area contributed by atoms with Crippen LogP contribution < -0.4 is 0 Å². The summed E-state index contributed by atoms with van der Waals surface area (Å²) in [6.07, 6.45) is 4.09. The molecule has 1 aliphatic carbocycles. The van der Waals surface area contributed by atoms with Crippen LogP contribution in [0, 0.1) is 5.92 Å². The highest BCUT2D eigenvalue weighted by Gasteiger charge is 2.39. The molecule has 2 rings (SSSR count). The van der Waals surface area contributed by atoms with E-state index in [0.717, 1.165) is 12.0 Å². The number of hydrogen-bond acceptors (Lipinski definition) is 2. The molecule has 2 atom stereocenters. The van der Waals surface area contributed by atoms with Gasteiger partial charge in [0.25, 0.3) is 0 Å². The predicted octanol–water partition coefficient (Wildman–Crippen LogP) is 2.28. The Hall–Kier alpha value is -0.340. The standard InChI is InChI=1S/C12H22N2/c1-9(2)10-6-5-7-12-11(10)8-13(3)14(12)4/h11-12H,5-8H2,1-4H3. The van der Waals surface area contributed by atoms with Crippen LogP contribution in [0.15, 0.2) is 11.1 Å². The van der Waals surface area contributed by atoms with Crippen LogP contribution in [0.25, 0.3) is 0 Å². The van der Waals surface area contributed by atoms with Gasteiger partial charge in [-0.25, -0.2) is 10.0 Å². The lowest BCUT2D eigenvalue weighted by atomic mass is 9.79. The molecule has 0 amide bonds. The third-order valence-electron chi connectivity index (χ3n) is 3.98. The summed E-state index contributed by atoms with van der Waals surface area (Å²) in [6.45, 7) is 5.77. The van der Waals surface area contributed by atoms with Gasteiger partial charge in [0.15, 0.2) is 0 Å². The molecule has 80 valence electrons. The molecule has 0 aromatic heterocycles. The molecule has 2 aliphatic rings. The largest absolute Gasteiger partial charge is 0.244 e. The van der Waals surface area contributed by atoms with E-state index in [4.69, 9.17) is 0 Å². The van der Waals surface area contributed by atoms with Crippen LogP contribution in [0.2, 0.25) is 0 Å². The van der Waals surface area contributed by atoms with E-state index in [1.165, 1.54) is 25.8 Å². The first-order valence-electron chi connectivity index (χ1n) is 5.71. The first-order chi connectivity index (χ1) is 6.61. The van der Waals surface area contributed by atoms with Crippen LogP contribution in [-0.2, 0) is 0 Å². The molecule has 1 saturated carbocycles. The molecular formula is C12H22N2. The summed E-state index contributed by atoms with van der Waals surface area (Å²) in [5, 5.41) is 4.82. The Kier molecular flexibility index (Phi) is 2.67. The smallest absolute Gasteiger partial charge is 0.0321 e. The van der Waals surface area contributed by atoms with Gasteiger partial charge >= 0.3 is 0 Å². The minimum atomic E-state index is 0.777. The first kappa shape index (κ1) is 10.2. The zero-order valence-electron chi connectivity index (χ0n) is 9.88. The Morgan fingerprint density at radius 1 is 1.29 bits per heavy atom. The summed E-state index contributed by atoms with van der Waals surface area (Å²) in [5.41, 5.74) is 3.29. The second kappa shape index (κ2) is 3.67. The van der Waals surface area contributed by atoms with Gasteiger partial charge in [0.2, 0.25) is 0 Å². The molecule has 0 N–H and O–H groups in total. The predicted molar refractivity (Wildman–Crippen MR) is 59.9 cm³/mol. The molecule has 1 heterocycles. The van der Waals surface area contributed by atoms with E-state index in [1.54, 1.807) is 11.1 Å². The number of nitrogens with zero attached hydrogens (tertiary/aromatic N) is 2. The summed E-state index contributed by atoms with van der Waals surface area (Å²) in [7, 11) is 4.44. The monoisotopic (exact) mass is 194 g/mol. The fraction of sp³-hybridized carbons (Fsp3) is 0.833. The fourth-order valence-electron chi connectivity index (χ4n) is 3.09. The van der Waals surface area contributed by atoms with Gasteiger partial charge in [-0.15, -0.1) is 0 Å². The number of hydrogen-bond donors (Lipinski definition) is 0. The quantitative estimate of drug-likeness (QED) is 0.546. The number of hydrazine groups is 1. The molecule has 0 bridgehead atoms. The van der Waals surface area contributed by atoms with Gasteiger partial charge in [-0.2, -0.15) is 0 Å². The molecule has 1 aliphatic heterocycles. The van der Waals surface area contributed by atoms with Gasteiger partial charge in [-0.3, -0.25) is 0 Å². The van der Waals surface area contributed by atoms with Gasteiger partial charge < -0.3 is 0 Å². The SMILES string of the molecule is CC(C)=C1CCCC2C1CN(C)N2C. The van der Waals surface area contributed by atoms with Crippen LogP contribution in [0.3, 0.4) is 0 Å². The average Bonchev–Trinajstić information content (AvgIpc) is 2.43. The second-order valence-electron chi connectivity index (χ2n) is 5.01. The summed E-state index contributed by atoms with van der Waals surface area (Å²) in [4.78, 5) is 0. The second-order valence-corrected chi connectivity index (χ2v) is 5.01. The lowest BCUT2D eigenvalue weighted by Crippen LogP contribution is -2.37. The molecule has 1 saturated heterocycles. The highest BCUT2D eigenvalue weighted by molar-refractivity contribution is 5.20. The Bertz CT molecular complexity index is 253. The molecule has 2 nitrogen and oxygen atoms in total. The Balaban J connectivity index is 2.24. The summed E-state index contributed by atoms with van der Waals surface area (Å²) < 4.78 is 0. The zero-order chi connectivity index (χ0) is 10.3. The molecule has 0 aromatic rings. The fourth-order valence-corrected chi connectivity index (χ4v) is 3.09. The normalized spacial score (nSPS) is 34.7. The van der Waals surface area contributed by atoms with Crippen molar-refractivity contribution in [1.29, 1.82) is 0 Å². The van der Waals surface area contributed by atoms with Gasteiger partial charge in [0.05, 0.1) is 0 Å². The molecule has 0 spiro atoms. The summed E-state index contributed by atoms with van der Waals surface area (Å²) in [5.74, 6) is 0.809. The summed E-state index contributed by atoms with van der Waals surface area (Å²) in [6, 6.07) is 0.777. The number of rotatable bonds is 0. The van der Waals surface area contributed by atoms with E-state index in [-0.39, 0.29) is 0 Å². The van der Waals surface area contributed by atoms with Crippen LogP contribution >= 0.6 is 0 Å². The minimum absolute atomic E-state index is 0.777. The van der Waals surface area contributed by atoms with Gasteiger partial charge in [0, 0.05) is 32.6 Å². The van der Waals surface area contributed by atoms with E-state index in [2.05, 4.69) is 38.0 Å². The summed E-state index contributed by atoms with van der Waals surface area (Å²) >= 11 is 0. The van der Waals surface area contributed by atoms with Gasteiger partial charge in [-0.05, 0) is 33.1 Å². The Labute approximate surface area is 87.5 Å². The van der Waals surface area contributed by atoms with E-state index in [1.807, 2.05) is 0 Å². The van der Waals surface area contributed by atoms with Crippen LogP contribution in [0.4, 0.5) is 0 Å². The molecule has 2 unspecified atom stereocenters. The maximum atomic E-state index is 2.44. The Morgan fingerprint density at radius 2 is 2.00 bits per heavy atom. The van der Waals surface area contributed by atoms with Gasteiger partial charge in [-0.1, -0.05) is 11.1 Å². The van der Waals surface area contributed by atoms with Crippen molar-refractivity contribution >= 4 is 0 Å². The van der Waals surface area contributed by atoms with Crippen molar-refractivity contribution < 1.29 is 0 Å². The average molecular weight is 194 g/mol.